The van der Waals surface area contributed by atoms with Crippen LogP contribution in [-0.2, 0) is 33.9 Å². The van der Waals surface area contributed by atoms with Crippen LogP contribution in [0.1, 0.15) is 11.3 Å². The van der Waals surface area contributed by atoms with Crippen LogP contribution in [0.15, 0.2) is 76.9 Å². The van der Waals surface area contributed by atoms with E-state index in [0.717, 1.165) is 12.2 Å². The molecule has 2 aromatic heterocycles. The monoisotopic (exact) mass is 675 g/mol. The zero-order valence-electron chi connectivity index (χ0n) is 22.5. The highest BCUT2D eigenvalue weighted by Gasteiger charge is 2.22. The molecule has 0 bridgehead atoms. The van der Waals surface area contributed by atoms with Crippen molar-refractivity contribution in [3.63, 3.8) is 0 Å². The van der Waals surface area contributed by atoms with Crippen LogP contribution in [0, 0.1) is 0 Å². The first-order valence-electron chi connectivity index (χ1n) is 13.1. The molecule has 9 nitrogen and oxygen atoms in total. The predicted molar refractivity (Wildman–Crippen MR) is 151 cm³/mol. The number of nitrogens with zero attached hydrogens (tertiary/aromatic N) is 5. The molecule has 11 heteroatoms. The van der Waals surface area contributed by atoms with Gasteiger partial charge in [-0.3, -0.25) is 0 Å². The number of hydrogen-bond donors (Lipinski definition) is 1. The van der Waals surface area contributed by atoms with Crippen LogP contribution in [0.25, 0.3) is 17.0 Å². The Labute approximate surface area is 255 Å². The van der Waals surface area contributed by atoms with E-state index in [-0.39, 0.29) is 30.6 Å². The van der Waals surface area contributed by atoms with Crippen molar-refractivity contribution in [2.24, 2.45) is 0 Å². The van der Waals surface area contributed by atoms with E-state index >= 15 is 0 Å². The van der Waals surface area contributed by atoms with Gasteiger partial charge in [0.15, 0.2) is 12.7 Å². The average Bonchev–Trinajstić information content (AvgIpc) is 3.55. The van der Waals surface area contributed by atoms with Gasteiger partial charge in [-0.05, 0) is 29.8 Å². The molecule has 0 saturated heterocycles. The average molecular weight is 676 g/mol. The topological polar surface area (TPSA) is 85.8 Å². The zero-order valence-corrected chi connectivity index (χ0v) is 25.5. The third-order valence-corrected chi connectivity index (χ3v) is 7.56. The van der Waals surface area contributed by atoms with Crippen LogP contribution < -0.4 is 33.4 Å². The number of pyridine rings is 1. The zero-order chi connectivity index (χ0) is 26.9. The summed E-state index contributed by atoms with van der Waals surface area (Å²) in [6.07, 6.45) is 6.24. The summed E-state index contributed by atoms with van der Waals surface area (Å²) in [6, 6.07) is 19.2. The maximum Gasteiger partial charge on any atom is 0.213 e. The van der Waals surface area contributed by atoms with Gasteiger partial charge in [-0.2, -0.15) is 4.57 Å². The van der Waals surface area contributed by atoms with Gasteiger partial charge >= 0.3 is 0 Å². The van der Waals surface area contributed by atoms with Crippen LogP contribution in [0.4, 0.5) is 5.69 Å². The molecular weight excluding hydrogens is 641 g/mol. The second-order valence-corrected chi connectivity index (χ2v) is 10.1. The highest BCUT2D eigenvalue weighted by Crippen LogP contribution is 2.45. The number of hydrogen-bond acceptors (Lipinski definition) is 8. The van der Waals surface area contributed by atoms with Crippen molar-refractivity contribution in [3.8, 4) is 0 Å². The standard InChI is InChI=1S/C29H34N5O4S.HI/c1-32-27-8-4-5-9-28(27)39-29(32)20-23-10-11-33(26-7-3-2-6-25(23)26)12-15-36-18-19-37-16-13-34-21-24(30-31-34)22-38-17-14-35;/h2-11,20-21,35H,12-19,22H2,1H3;1H/q+1;/p-1. The number of benzene rings is 2. The molecule has 4 aromatic rings. The number of halogens is 1. The van der Waals surface area contributed by atoms with Crippen molar-refractivity contribution in [1.82, 2.24) is 15.0 Å². The molecule has 0 amide bonds. The molecule has 0 fully saturated rings. The number of aliphatic hydroxyl groups is 1. The van der Waals surface area contributed by atoms with Crippen LogP contribution in [0.3, 0.4) is 0 Å². The maximum absolute atomic E-state index is 8.76. The highest BCUT2D eigenvalue weighted by atomic mass is 127. The van der Waals surface area contributed by atoms with E-state index in [1.165, 1.54) is 32.1 Å². The Hall–Kier alpha value is -2.55. The smallest absolute Gasteiger partial charge is 0.213 e. The van der Waals surface area contributed by atoms with Crippen LogP contribution >= 0.6 is 11.8 Å². The molecule has 0 atom stereocenters. The van der Waals surface area contributed by atoms with Gasteiger partial charge in [0.1, 0.15) is 12.3 Å². The molecule has 0 aliphatic carbocycles. The lowest BCUT2D eigenvalue weighted by Gasteiger charge is -2.13. The summed E-state index contributed by atoms with van der Waals surface area (Å²) < 4.78 is 20.7. The van der Waals surface area contributed by atoms with Gasteiger partial charge in [-0.15, -0.1) is 5.10 Å². The van der Waals surface area contributed by atoms with E-state index in [2.05, 4.69) is 93.7 Å². The molecule has 212 valence electrons. The molecule has 1 aliphatic heterocycles. The molecule has 0 radical (unpaired) electrons. The first kappa shape index (κ1) is 30.4. The van der Waals surface area contributed by atoms with Crippen molar-refractivity contribution < 1.29 is 47.9 Å². The number of ether oxygens (including phenoxy) is 3. The van der Waals surface area contributed by atoms with Crippen LogP contribution in [0.2, 0.25) is 0 Å². The van der Waals surface area contributed by atoms with Gasteiger partial charge in [-0.25, -0.2) is 4.68 Å². The summed E-state index contributed by atoms with van der Waals surface area (Å²) in [5.74, 6) is 0. The van der Waals surface area contributed by atoms with E-state index in [1.807, 2.05) is 18.0 Å². The Morgan fingerprint density at radius 1 is 0.950 bits per heavy atom. The molecule has 5 rings (SSSR count). The number of anilines is 1. The van der Waals surface area contributed by atoms with E-state index in [0.29, 0.717) is 46.2 Å². The van der Waals surface area contributed by atoms with E-state index in [4.69, 9.17) is 19.3 Å². The minimum atomic E-state index is -0.00270. The van der Waals surface area contributed by atoms with Crippen molar-refractivity contribution in [2.75, 3.05) is 51.6 Å². The summed E-state index contributed by atoms with van der Waals surface area (Å²) in [4.78, 5) is 3.54. The Bertz CT molecular complexity index is 1420. The van der Waals surface area contributed by atoms with Crippen molar-refractivity contribution in [1.29, 1.82) is 0 Å². The number of aliphatic hydroxyl groups excluding tert-OH is 1. The summed E-state index contributed by atoms with van der Waals surface area (Å²) in [5, 5.41) is 19.3. The second-order valence-electron chi connectivity index (χ2n) is 9.07. The minimum Gasteiger partial charge on any atom is -1.00 e. The SMILES string of the molecule is CN1C(=Cc2cc[n+](CCOCCOCCn3cc(COCCO)nn3)c3ccccc23)Sc2ccccc21.[I-]. The molecule has 0 spiro atoms. The lowest BCUT2D eigenvalue weighted by atomic mass is 10.1. The first-order chi connectivity index (χ1) is 19.2. The van der Waals surface area contributed by atoms with Crippen molar-refractivity contribution >= 4 is 34.4 Å². The van der Waals surface area contributed by atoms with E-state index in [9.17, 15) is 0 Å². The molecular formula is C29H34IN5O4S. The fraction of sp³-hybridized carbons (Fsp3) is 0.345. The van der Waals surface area contributed by atoms with Gasteiger partial charge in [0, 0.05) is 24.1 Å². The van der Waals surface area contributed by atoms with E-state index in [1.54, 1.807) is 4.68 Å². The number of fused-ring (bicyclic) bond motifs is 2. The largest absolute Gasteiger partial charge is 1.00 e. The highest BCUT2D eigenvalue weighted by molar-refractivity contribution is 8.03. The normalized spacial score (nSPS) is 13.7. The van der Waals surface area contributed by atoms with Crippen molar-refractivity contribution in [3.05, 3.63) is 83.3 Å². The molecule has 40 heavy (non-hydrogen) atoms. The molecule has 0 unspecified atom stereocenters. The number of aromatic nitrogens is 4. The van der Waals surface area contributed by atoms with Crippen LogP contribution in [0.5, 0.6) is 0 Å². The van der Waals surface area contributed by atoms with Gasteiger partial charge in [0.25, 0.3) is 0 Å². The minimum absolute atomic E-state index is 0. The Balaban J connectivity index is 0.00000370. The maximum atomic E-state index is 8.76. The summed E-state index contributed by atoms with van der Waals surface area (Å²) >= 11 is 1.81. The molecule has 1 N–H and O–H groups in total. The third kappa shape index (κ3) is 7.80. The quantitative estimate of drug-likeness (QED) is 0.118. The fourth-order valence-corrected chi connectivity index (χ4v) is 5.51. The van der Waals surface area contributed by atoms with Gasteiger partial charge in [0.2, 0.25) is 5.52 Å². The second kappa shape index (κ2) is 15.5. The molecule has 0 saturated carbocycles. The number of thioether (sulfide) groups is 1. The summed E-state index contributed by atoms with van der Waals surface area (Å²) in [7, 11) is 2.12. The van der Waals surface area contributed by atoms with Gasteiger partial charge < -0.3 is 48.2 Å². The number of rotatable bonds is 14. The van der Waals surface area contributed by atoms with Gasteiger partial charge in [0.05, 0.1) is 68.5 Å². The van der Waals surface area contributed by atoms with E-state index < -0.39 is 0 Å². The first-order valence-corrected chi connectivity index (χ1v) is 13.9. The third-order valence-electron chi connectivity index (χ3n) is 6.39. The molecule has 3 heterocycles. The Kier molecular flexibility index (Phi) is 11.7. The predicted octanol–water partition coefficient (Wildman–Crippen LogP) is 0.506. The summed E-state index contributed by atoms with van der Waals surface area (Å²) in [6.45, 7) is 4.18. The fourth-order valence-electron chi connectivity index (χ4n) is 4.41. The van der Waals surface area contributed by atoms with Crippen molar-refractivity contribution in [2.45, 2.75) is 24.6 Å². The lowest BCUT2D eigenvalue weighted by molar-refractivity contribution is -0.673. The summed E-state index contributed by atoms with van der Waals surface area (Å²) in [5.41, 5.74) is 4.37. The molecule has 2 aromatic carbocycles. The van der Waals surface area contributed by atoms with Gasteiger partial charge in [-0.1, -0.05) is 41.2 Å². The lowest BCUT2D eigenvalue weighted by Crippen LogP contribution is -3.00. The molecule has 1 aliphatic rings. The Morgan fingerprint density at radius 3 is 2.60 bits per heavy atom. The van der Waals surface area contributed by atoms with Crippen LogP contribution in [-0.4, -0.2) is 66.8 Å². The Morgan fingerprint density at radius 2 is 1.75 bits per heavy atom. The number of para-hydroxylation sites is 2.